The molecule has 0 amide bonds. The number of rotatable bonds is 2. The Morgan fingerprint density at radius 3 is 2.28 bits per heavy atom. The lowest BCUT2D eigenvalue weighted by Crippen LogP contribution is -2.09. The highest BCUT2D eigenvalue weighted by atomic mass is 35.5. The number of carbonyl (C=O) groups excluding carboxylic acids is 1. The van der Waals surface area contributed by atoms with Crippen LogP contribution in [0.15, 0.2) is 12.1 Å². The fourth-order valence-electron chi connectivity index (χ4n) is 1.36. The zero-order chi connectivity index (χ0) is 13.3. The number of esters is 1. The molecule has 1 aromatic heterocycles. The molecule has 1 aromatic carbocycles. The summed E-state index contributed by atoms with van der Waals surface area (Å²) in [5.41, 5.74) is 0.851. The van der Waals surface area contributed by atoms with Crippen LogP contribution in [0.1, 0.15) is 17.4 Å². The van der Waals surface area contributed by atoms with Crippen molar-refractivity contribution in [1.82, 2.24) is 9.97 Å². The largest absolute Gasteiger partial charge is 0.461 e. The monoisotopic (exact) mass is 304 g/mol. The van der Waals surface area contributed by atoms with E-state index < -0.39 is 5.97 Å². The molecule has 0 unspecified atom stereocenters. The van der Waals surface area contributed by atoms with E-state index in [-0.39, 0.29) is 17.5 Å². The van der Waals surface area contributed by atoms with Crippen LogP contribution < -0.4 is 0 Å². The maximum Gasteiger partial charge on any atom is 0.360 e. The molecule has 18 heavy (non-hydrogen) atoms. The molecule has 0 aliphatic heterocycles. The molecule has 0 saturated heterocycles. The normalized spacial score (nSPS) is 10.7. The summed E-state index contributed by atoms with van der Waals surface area (Å²) in [6, 6.07) is 3.05. The maximum absolute atomic E-state index is 11.6. The smallest absolute Gasteiger partial charge is 0.360 e. The fourth-order valence-corrected chi connectivity index (χ4v) is 1.89. The molecular weight excluding hydrogens is 298 g/mol. The van der Waals surface area contributed by atoms with Gasteiger partial charge in [0.05, 0.1) is 27.7 Å². The van der Waals surface area contributed by atoms with Crippen LogP contribution in [0, 0.1) is 0 Å². The second-order valence-electron chi connectivity index (χ2n) is 3.34. The lowest BCUT2D eigenvalue weighted by molar-refractivity contribution is 0.0519. The topological polar surface area (TPSA) is 52.1 Å². The molecule has 0 aliphatic carbocycles. The summed E-state index contributed by atoms with van der Waals surface area (Å²) in [5.74, 6) is -0.622. The van der Waals surface area contributed by atoms with Crippen molar-refractivity contribution in [2.75, 3.05) is 6.61 Å². The van der Waals surface area contributed by atoms with E-state index in [4.69, 9.17) is 39.5 Å². The highest BCUT2D eigenvalue weighted by molar-refractivity contribution is 6.42. The van der Waals surface area contributed by atoms with Gasteiger partial charge in [-0.15, -0.1) is 0 Å². The highest BCUT2D eigenvalue weighted by Crippen LogP contribution is 2.27. The first-order valence-corrected chi connectivity index (χ1v) is 6.15. The van der Waals surface area contributed by atoms with Crippen molar-refractivity contribution in [1.29, 1.82) is 0 Å². The highest BCUT2D eigenvalue weighted by Gasteiger charge is 2.16. The first-order chi connectivity index (χ1) is 8.52. The number of benzene rings is 1. The van der Waals surface area contributed by atoms with Crippen LogP contribution in [-0.4, -0.2) is 22.5 Å². The fraction of sp³-hybridized carbons (Fsp3) is 0.182. The predicted molar refractivity (Wildman–Crippen MR) is 70.5 cm³/mol. The average molecular weight is 306 g/mol. The van der Waals surface area contributed by atoms with Gasteiger partial charge in [0.25, 0.3) is 0 Å². The van der Waals surface area contributed by atoms with E-state index in [0.29, 0.717) is 21.1 Å². The van der Waals surface area contributed by atoms with E-state index in [1.807, 2.05) is 0 Å². The summed E-state index contributed by atoms with van der Waals surface area (Å²) < 4.78 is 4.83. The molecular formula is C11H7Cl3N2O2. The molecule has 4 nitrogen and oxygen atoms in total. The van der Waals surface area contributed by atoms with Crippen LogP contribution in [0.25, 0.3) is 11.0 Å². The van der Waals surface area contributed by atoms with Gasteiger partial charge in [-0.25, -0.2) is 14.8 Å². The lowest BCUT2D eigenvalue weighted by Gasteiger charge is -2.05. The molecule has 0 spiro atoms. The molecule has 7 heteroatoms. The van der Waals surface area contributed by atoms with Crippen molar-refractivity contribution in [2.45, 2.75) is 6.92 Å². The van der Waals surface area contributed by atoms with E-state index in [9.17, 15) is 4.79 Å². The van der Waals surface area contributed by atoms with Crippen molar-refractivity contribution in [2.24, 2.45) is 0 Å². The van der Waals surface area contributed by atoms with Crippen LogP contribution in [0.5, 0.6) is 0 Å². The van der Waals surface area contributed by atoms with Gasteiger partial charge < -0.3 is 4.74 Å². The molecule has 2 aromatic rings. The van der Waals surface area contributed by atoms with Gasteiger partial charge in [0.2, 0.25) is 0 Å². The van der Waals surface area contributed by atoms with Gasteiger partial charge in [-0.1, -0.05) is 34.8 Å². The minimum atomic E-state index is -0.622. The first kappa shape index (κ1) is 13.3. The zero-order valence-corrected chi connectivity index (χ0v) is 11.5. The molecule has 94 valence electrons. The van der Waals surface area contributed by atoms with E-state index in [0.717, 1.165) is 0 Å². The minimum Gasteiger partial charge on any atom is -0.461 e. The van der Waals surface area contributed by atoms with Crippen LogP contribution in [0.3, 0.4) is 0 Å². The lowest BCUT2D eigenvalue weighted by atomic mass is 10.3. The molecule has 0 N–H and O–H groups in total. The zero-order valence-electron chi connectivity index (χ0n) is 9.21. The van der Waals surface area contributed by atoms with Crippen LogP contribution in [0.2, 0.25) is 15.2 Å². The van der Waals surface area contributed by atoms with Crippen LogP contribution in [-0.2, 0) is 4.74 Å². The summed E-state index contributed by atoms with van der Waals surface area (Å²) in [5, 5.41) is 0.647. The summed E-state index contributed by atoms with van der Waals surface area (Å²) in [4.78, 5) is 19.7. The summed E-state index contributed by atoms with van der Waals surface area (Å²) in [6.45, 7) is 1.92. The Kier molecular flexibility index (Phi) is 3.90. The molecule has 0 saturated carbocycles. The van der Waals surface area contributed by atoms with Gasteiger partial charge in [-0.3, -0.25) is 0 Å². The number of hydrogen-bond donors (Lipinski definition) is 0. The Hall–Kier alpha value is -1.10. The van der Waals surface area contributed by atoms with Crippen LogP contribution in [0.4, 0.5) is 0 Å². The Bertz CT molecular complexity index is 631. The average Bonchev–Trinajstić information content (AvgIpc) is 2.31. The number of nitrogens with zero attached hydrogens (tertiary/aromatic N) is 2. The van der Waals surface area contributed by atoms with E-state index in [1.165, 1.54) is 12.1 Å². The third kappa shape index (κ3) is 2.51. The number of ether oxygens (including phenoxy) is 1. The molecule has 0 radical (unpaired) electrons. The van der Waals surface area contributed by atoms with Gasteiger partial charge in [0.1, 0.15) is 0 Å². The van der Waals surface area contributed by atoms with Gasteiger partial charge in [0.15, 0.2) is 10.8 Å². The number of hydrogen-bond acceptors (Lipinski definition) is 4. The standard InChI is InChI=1S/C11H7Cl3N2O2/c1-2-18-11(17)9-10(14)16-8-4-6(13)5(12)3-7(8)15-9/h3-4H,2H2,1H3. The van der Waals surface area contributed by atoms with Crippen molar-refractivity contribution < 1.29 is 9.53 Å². The van der Waals surface area contributed by atoms with Gasteiger partial charge in [-0.05, 0) is 19.1 Å². The molecule has 0 fully saturated rings. The Balaban J connectivity index is 2.61. The number of aromatic nitrogens is 2. The first-order valence-electron chi connectivity index (χ1n) is 5.02. The summed E-state index contributed by atoms with van der Waals surface area (Å²) >= 11 is 17.6. The quantitative estimate of drug-likeness (QED) is 0.793. The van der Waals surface area contributed by atoms with Crippen molar-refractivity contribution in [3.05, 3.63) is 33.0 Å². The Labute approximate surface area is 118 Å². The Morgan fingerprint density at radius 1 is 1.17 bits per heavy atom. The maximum atomic E-state index is 11.6. The van der Waals surface area contributed by atoms with E-state index >= 15 is 0 Å². The number of fused-ring (bicyclic) bond motifs is 1. The molecule has 0 bridgehead atoms. The molecule has 0 aliphatic rings. The second kappa shape index (κ2) is 5.26. The number of halogens is 3. The minimum absolute atomic E-state index is 0.0284. The second-order valence-corrected chi connectivity index (χ2v) is 4.51. The van der Waals surface area contributed by atoms with E-state index in [2.05, 4.69) is 9.97 Å². The molecule has 0 atom stereocenters. The SMILES string of the molecule is CCOC(=O)c1nc2cc(Cl)c(Cl)cc2nc1Cl. The van der Waals surface area contributed by atoms with Gasteiger partial charge >= 0.3 is 5.97 Å². The number of carbonyl (C=O) groups is 1. The van der Waals surface area contributed by atoms with Gasteiger partial charge in [-0.2, -0.15) is 0 Å². The third-order valence-corrected chi connectivity index (χ3v) is 3.12. The Morgan fingerprint density at radius 2 is 1.72 bits per heavy atom. The third-order valence-electron chi connectivity index (χ3n) is 2.13. The van der Waals surface area contributed by atoms with Crippen molar-refractivity contribution in [3.8, 4) is 0 Å². The van der Waals surface area contributed by atoms with Crippen LogP contribution >= 0.6 is 34.8 Å². The molecule has 1 heterocycles. The van der Waals surface area contributed by atoms with Gasteiger partial charge in [0, 0.05) is 0 Å². The summed E-state index contributed by atoms with van der Waals surface area (Å²) in [7, 11) is 0. The molecule has 2 rings (SSSR count). The van der Waals surface area contributed by atoms with Crippen molar-refractivity contribution in [3.63, 3.8) is 0 Å². The van der Waals surface area contributed by atoms with E-state index in [1.54, 1.807) is 6.92 Å². The summed E-state index contributed by atoms with van der Waals surface area (Å²) in [6.07, 6.45) is 0. The predicted octanol–water partition coefficient (Wildman–Crippen LogP) is 3.77. The van der Waals surface area contributed by atoms with Crippen molar-refractivity contribution >= 4 is 51.8 Å².